The van der Waals surface area contributed by atoms with Crippen molar-refractivity contribution < 1.29 is 13.2 Å². The number of hydrogen-bond acceptors (Lipinski definition) is 4. The molecule has 3 aromatic carbocycles. The van der Waals surface area contributed by atoms with Crippen LogP contribution in [0.2, 0.25) is 5.02 Å². The van der Waals surface area contributed by atoms with Crippen LogP contribution in [0.1, 0.15) is 27.0 Å². The highest BCUT2D eigenvalue weighted by molar-refractivity contribution is 7.92. The molecule has 0 aromatic heterocycles. The quantitative estimate of drug-likeness (QED) is 0.473. The van der Waals surface area contributed by atoms with Gasteiger partial charge in [-0.15, -0.1) is 0 Å². The second-order valence-corrected chi connectivity index (χ2v) is 11.4. The largest absolute Gasteiger partial charge is 0.368 e. The van der Waals surface area contributed by atoms with Gasteiger partial charge in [-0.25, -0.2) is 8.42 Å². The van der Waals surface area contributed by atoms with Crippen molar-refractivity contribution in [2.75, 3.05) is 41.6 Å². The molecule has 1 aliphatic rings. The van der Waals surface area contributed by atoms with Crippen molar-refractivity contribution in [3.63, 3.8) is 0 Å². The number of aryl methyl sites for hydroxylation is 2. The van der Waals surface area contributed by atoms with E-state index < -0.39 is 10.0 Å². The number of halogens is 1. The number of rotatable bonds is 6. The summed E-state index contributed by atoms with van der Waals surface area (Å²) in [6.45, 7) is 6.95. The van der Waals surface area contributed by atoms with E-state index in [0.717, 1.165) is 35.5 Å². The Balaban J connectivity index is 1.44. The molecule has 1 aliphatic heterocycles. The van der Waals surface area contributed by atoms with E-state index in [9.17, 15) is 13.2 Å². The van der Waals surface area contributed by atoms with E-state index in [1.54, 1.807) is 24.3 Å². The summed E-state index contributed by atoms with van der Waals surface area (Å²) in [6, 6.07) is 20.5. The van der Waals surface area contributed by atoms with Gasteiger partial charge in [0.15, 0.2) is 0 Å². The zero-order valence-corrected chi connectivity index (χ0v) is 21.8. The van der Waals surface area contributed by atoms with Gasteiger partial charge in [0.25, 0.3) is 5.91 Å². The molecule has 35 heavy (non-hydrogen) atoms. The number of benzene rings is 3. The van der Waals surface area contributed by atoms with Crippen LogP contribution in [0, 0.1) is 13.8 Å². The van der Waals surface area contributed by atoms with E-state index >= 15 is 0 Å². The Morgan fingerprint density at radius 1 is 0.914 bits per heavy atom. The van der Waals surface area contributed by atoms with Crippen molar-refractivity contribution in [3.05, 3.63) is 94.0 Å². The van der Waals surface area contributed by atoms with E-state index in [2.05, 4.69) is 11.8 Å². The van der Waals surface area contributed by atoms with Gasteiger partial charge >= 0.3 is 0 Å². The molecule has 8 heteroatoms. The minimum atomic E-state index is -3.50. The number of anilines is 2. The molecule has 6 nitrogen and oxygen atoms in total. The summed E-state index contributed by atoms with van der Waals surface area (Å²) < 4.78 is 26.4. The van der Waals surface area contributed by atoms with Crippen LogP contribution in [0.15, 0.2) is 66.7 Å². The topological polar surface area (TPSA) is 60.9 Å². The van der Waals surface area contributed by atoms with Gasteiger partial charge in [0.2, 0.25) is 10.0 Å². The highest BCUT2D eigenvalue weighted by Gasteiger charge is 2.24. The van der Waals surface area contributed by atoms with E-state index in [1.165, 1.54) is 10.6 Å². The summed E-state index contributed by atoms with van der Waals surface area (Å²) in [4.78, 5) is 17.2. The fourth-order valence-corrected chi connectivity index (χ4v) is 5.34. The summed E-state index contributed by atoms with van der Waals surface area (Å²) in [6.07, 6.45) is 1.20. The third-order valence-corrected chi connectivity index (χ3v) is 7.70. The van der Waals surface area contributed by atoms with Crippen LogP contribution in [0.25, 0.3) is 0 Å². The number of sulfonamides is 1. The molecule has 0 aliphatic carbocycles. The van der Waals surface area contributed by atoms with E-state index in [4.69, 9.17) is 11.6 Å². The SMILES string of the molecule is Cc1ccc(CN(c2ccc(C(=O)N3CCN(c4cc(Cl)ccc4C)CC3)cc2)S(C)(=O)=O)cc1. The van der Waals surface area contributed by atoms with Crippen molar-refractivity contribution >= 4 is 38.9 Å². The maximum absolute atomic E-state index is 13.1. The molecule has 3 aromatic rings. The van der Waals surface area contributed by atoms with E-state index in [0.29, 0.717) is 29.4 Å². The molecule has 1 saturated heterocycles. The van der Waals surface area contributed by atoms with Gasteiger partial charge in [-0.2, -0.15) is 0 Å². The summed E-state index contributed by atoms with van der Waals surface area (Å²) in [5.74, 6) is -0.0524. The highest BCUT2D eigenvalue weighted by Crippen LogP contribution is 2.26. The van der Waals surface area contributed by atoms with Crippen molar-refractivity contribution in [1.82, 2.24) is 4.90 Å². The molecule has 1 fully saturated rings. The fourth-order valence-electron chi connectivity index (χ4n) is 4.29. The van der Waals surface area contributed by atoms with Crippen LogP contribution in [-0.2, 0) is 16.6 Å². The number of amides is 1. The lowest BCUT2D eigenvalue weighted by molar-refractivity contribution is 0.0747. The number of piperazine rings is 1. The van der Waals surface area contributed by atoms with Gasteiger partial charge in [0, 0.05) is 42.5 Å². The summed E-state index contributed by atoms with van der Waals surface area (Å²) in [5, 5.41) is 0.703. The smallest absolute Gasteiger partial charge is 0.253 e. The Bertz CT molecular complexity index is 1300. The molecule has 4 rings (SSSR count). The molecule has 1 heterocycles. The molecule has 0 atom stereocenters. The molecule has 1 amide bonds. The fraction of sp³-hybridized carbons (Fsp3) is 0.296. The van der Waals surface area contributed by atoms with Gasteiger partial charge in [0.1, 0.15) is 0 Å². The number of carbonyl (C=O) groups is 1. The predicted molar refractivity (Wildman–Crippen MR) is 143 cm³/mol. The lowest BCUT2D eigenvalue weighted by Crippen LogP contribution is -2.49. The lowest BCUT2D eigenvalue weighted by Gasteiger charge is -2.37. The molecular formula is C27H30ClN3O3S. The maximum Gasteiger partial charge on any atom is 0.253 e. The average molecular weight is 512 g/mol. The van der Waals surface area contributed by atoms with Crippen molar-refractivity contribution in [2.24, 2.45) is 0 Å². The van der Waals surface area contributed by atoms with Gasteiger partial charge in [0.05, 0.1) is 18.5 Å². The Labute approximate surface area is 212 Å². The maximum atomic E-state index is 13.1. The number of nitrogens with zero attached hydrogens (tertiary/aromatic N) is 3. The first-order valence-corrected chi connectivity index (χ1v) is 13.8. The number of hydrogen-bond donors (Lipinski definition) is 0. The van der Waals surface area contributed by atoms with E-state index in [-0.39, 0.29) is 12.5 Å². The molecule has 0 bridgehead atoms. The van der Waals surface area contributed by atoms with Gasteiger partial charge < -0.3 is 9.80 Å². The Morgan fingerprint density at radius 3 is 2.14 bits per heavy atom. The van der Waals surface area contributed by atoms with Gasteiger partial charge in [-0.05, 0) is 61.4 Å². The summed E-state index contributed by atoms with van der Waals surface area (Å²) >= 11 is 6.18. The highest BCUT2D eigenvalue weighted by atomic mass is 35.5. The molecule has 0 saturated carbocycles. The molecule has 184 valence electrons. The van der Waals surface area contributed by atoms with Crippen LogP contribution < -0.4 is 9.21 Å². The first-order chi connectivity index (χ1) is 16.6. The second-order valence-electron chi connectivity index (χ2n) is 9.01. The molecule has 0 radical (unpaired) electrons. The van der Waals surface area contributed by atoms with Crippen molar-refractivity contribution in [2.45, 2.75) is 20.4 Å². The lowest BCUT2D eigenvalue weighted by atomic mass is 10.1. The van der Waals surface area contributed by atoms with E-state index in [1.807, 2.05) is 54.3 Å². The van der Waals surface area contributed by atoms with Gasteiger partial charge in [-0.3, -0.25) is 9.10 Å². The zero-order chi connectivity index (χ0) is 25.2. The third kappa shape index (κ3) is 5.97. The van der Waals surface area contributed by atoms with Crippen molar-refractivity contribution in [1.29, 1.82) is 0 Å². The van der Waals surface area contributed by atoms with Crippen LogP contribution in [0.5, 0.6) is 0 Å². The van der Waals surface area contributed by atoms with Crippen LogP contribution in [0.4, 0.5) is 11.4 Å². The second kappa shape index (κ2) is 10.3. The minimum Gasteiger partial charge on any atom is -0.368 e. The standard InChI is InChI=1S/C27H30ClN3O3S/c1-20-4-7-22(8-5-20)19-31(35(3,33)34)25-12-9-23(10-13-25)27(32)30-16-14-29(15-17-30)26-18-24(28)11-6-21(26)2/h4-13,18H,14-17,19H2,1-3H3. The van der Waals surface area contributed by atoms with Crippen LogP contribution in [-0.4, -0.2) is 51.7 Å². The Hall–Kier alpha value is -3.03. The van der Waals surface area contributed by atoms with Gasteiger partial charge in [-0.1, -0.05) is 47.5 Å². The average Bonchev–Trinajstić information content (AvgIpc) is 2.84. The Kier molecular flexibility index (Phi) is 7.38. The molecular weight excluding hydrogens is 482 g/mol. The third-order valence-electron chi connectivity index (χ3n) is 6.33. The summed E-state index contributed by atoms with van der Waals surface area (Å²) in [5.41, 5.74) is 5.35. The van der Waals surface area contributed by atoms with Crippen molar-refractivity contribution in [3.8, 4) is 0 Å². The monoisotopic (exact) mass is 511 g/mol. The predicted octanol–water partition coefficient (Wildman–Crippen LogP) is 4.89. The first-order valence-electron chi connectivity index (χ1n) is 11.6. The minimum absolute atomic E-state index is 0.0524. The molecule has 0 spiro atoms. The first kappa shape index (κ1) is 25.1. The molecule has 0 unspecified atom stereocenters. The van der Waals surface area contributed by atoms with Crippen LogP contribution in [0.3, 0.4) is 0 Å². The summed E-state index contributed by atoms with van der Waals surface area (Å²) in [7, 11) is -3.50. The van der Waals surface area contributed by atoms with Crippen LogP contribution >= 0.6 is 11.6 Å². The zero-order valence-electron chi connectivity index (χ0n) is 20.2. The molecule has 0 N–H and O–H groups in total. The Morgan fingerprint density at radius 2 is 1.54 bits per heavy atom. The normalized spacial score (nSPS) is 14.2. The number of carbonyl (C=O) groups excluding carboxylic acids is 1.